The number of carbonyl (C=O) groups is 1. The largest absolute Gasteiger partial charge is 0.504 e. The maximum Gasteiger partial charge on any atom is 0.197 e. The highest BCUT2D eigenvalue weighted by molar-refractivity contribution is 6.04. The first-order chi connectivity index (χ1) is 12.4. The molecule has 0 aliphatic carbocycles. The second-order valence-corrected chi connectivity index (χ2v) is 5.11. The van der Waals surface area contributed by atoms with Gasteiger partial charge in [-0.15, -0.1) is 0 Å². The summed E-state index contributed by atoms with van der Waals surface area (Å²) in [6, 6.07) is 5.04. The minimum Gasteiger partial charge on any atom is -0.504 e. The van der Waals surface area contributed by atoms with E-state index in [2.05, 4.69) is 0 Å². The third-order valence-electron chi connectivity index (χ3n) is 3.47. The molecule has 0 fully saturated rings. The molecule has 0 unspecified atom stereocenters. The zero-order chi connectivity index (χ0) is 19.3. The molecule has 0 aromatic heterocycles. The standard InChI is InChI=1S/C19H16F2O5/c1-25-18-14(23)9-5-11(16(18)20)3-7-13(22)8-4-12-6-10-15(24)19(26-2)17(12)21/h3-10,23-24H,1-2H3/b7-3+,8-4+. The molecule has 2 aromatic carbocycles. The minimum atomic E-state index is -0.810. The normalized spacial score (nSPS) is 11.2. The topological polar surface area (TPSA) is 76.0 Å². The first-order valence-corrected chi connectivity index (χ1v) is 7.40. The van der Waals surface area contributed by atoms with Gasteiger partial charge >= 0.3 is 0 Å². The average molecular weight is 362 g/mol. The molecule has 2 N–H and O–H groups in total. The second kappa shape index (κ2) is 8.15. The van der Waals surface area contributed by atoms with Crippen LogP contribution in [-0.4, -0.2) is 30.2 Å². The number of aromatic hydroxyl groups is 2. The van der Waals surface area contributed by atoms with Crippen LogP contribution in [0.4, 0.5) is 8.78 Å². The van der Waals surface area contributed by atoms with Crippen molar-refractivity contribution in [3.8, 4) is 23.0 Å². The van der Waals surface area contributed by atoms with Crippen LogP contribution in [0.1, 0.15) is 11.1 Å². The van der Waals surface area contributed by atoms with E-state index in [9.17, 15) is 23.8 Å². The van der Waals surface area contributed by atoms with Crippen LogP contribution in [0, 0.1) is 11.6 Å². The molecule has 0 spiro atoms. The molecule has 2 aromatic rings. The molecular weight excluding hydrogens is 346 g/mol. The predicted molar refractivity (Wildman–Crippen MR) is 92.3 cm³/mol. The molecule has 0 bridgehead atoms. The van der Waals surface area contributed by atoms with Gasteiger partial charge in [-0.3, -0.25) is 4.79 Å². The first-order valence-electron chi connectivity index (χ1n) is 7.40. The molecule has 0 aliphatic rings. The van der Waals surface area contributed by atoms with E-state index in [1.807, 2.05) is 0 Å². The van der Waals surface area contributed by atoms with E-state index in [1.54, 1.807) is 0 Å². The highest BCUT2D eigenvalue weighted by Crippen LogP contribution is 2.32. The molecule has 0 saturated carbocycles. The number of halogens is 2. The van der Waals surface area contributed by atoms with Crippen molar-refractivity contribution in [3.63, 3.8) is 0 Å². The van der Waals surface area contributed by atoms with Crippen molar-refractivity contribution in [2.24, 2.45) is 0 Å². The maximum atomic E-state index is 14.1. The molecule has 136 valence electrons. The number of phenolic OH excluding ortho intramolecular Hbond substituents is 2. The van der Waals surface area contributed by atoms with Gasteiger partial charge in [0.2, 0.25) is 0 Å². The van der Waals surface area contributed by atoms with E-state index in [4.69, 9.17) is 9.47 Å². The highest BCUT2D eigenvalue weighted by Gasteiger charge is 2.13. The number of allylic oxidation sites excluding steroid dienone is 2. The van der Waals surface area contributed by atoms with E-state index in [0.717, 1.165) is 12.2 Å². The zero-order valence-electron chi connectivity index (χ0n) is 14.0. The van der Waals surface area contributed by atoms with Crippen LogP contribution >= 0.6 is 0 Å². The van der Waals surface area contributed by atoms with Crippen molar-refractivity contribution < 1.29 is 33.3 Å². The van der Waals surface area contributed by atoms with Gasteiger partial charge in [-0.1, -0.05) is 0 Å². The smallest absolute Gasteiger partial charge is 0.197 e. The van der Waals surface area contributed by atoms with E-state index >= 15 is 0 Å². The van der Waals surface area contributed by atoms with Crippen LogP contribution < -0.4 is 9.47 Å². The average Bonchev–Trinajstić information content (AvgIpc) is 2.61. The lowest BCUT2D eigenvalue weighted by atomic mass is 10.1. The van der Waals surface area contributed by atoms with Crippen LogP contribution in [0.5, 0.6) is 23.0 Å². The number of hydrogen-bond acceptors (Lipinski definition) is 5. The quantitative estimate of drug-likeness (QED) is 0.767. The van der Waals surface area contributed by atoms with Gasteiger partial charge < -0.3 is 19.7 Å². The summed E-state index contributed by atoms with van der Waals surface area (Å²) < 4.78 is 37.6. The molecule has 5 nitrogen and oxygen atoms in total. The molecule has 0 heterocycles. The Balaban J connectivity index is 2.19. The second-order valence-electron chi connectivity index (χ2n) is 5.11. The number of ketones is 1. The molecule has 0 atom stereocenters. The fourth-order valence-corrected chi connectivity index (χ4v) is 2.17. The lowest BCUT2D eigenvalue weighted by Crippen LogP contribution is -1.93. The Bertz CT molecular complexity index is 816. The zero-order valence-corrected chi connectivity index (χ0v) is 14.0. The lowest BCUT2D eigenvalue weighted by molar-refractivity contribution is -0.110. The fraction of sp³-hybridized carbons (Fsp3) is 0.105. The molecule has 0 radical (unpaired) electrons. The summed E-state index contributed by atoms with van der Waals surface area (Å²) >= 11 is 0. The fourth-order valence-electron chi connectivity index (χ4n) is 2.17. The summed E-state index contributed by atoms with van der Waals surface area (Å²) in [7, 11) is 2.42. The van der Waals surface area contributed by atoms with Crippen molar-refractivity contribution in [1.82, 2.24) is 0 Å². The van der Waals surface area contributed by atoms with E-state index in [-0.39, 0.29) is 34.1 Å². The van der Waals surface area contributed by atoms with Crippen LogP contribution in [0.3, 0.4) is 0 Å². The minimum absolute atomic E-state index is 0.0406. The summed E-state index contributed by atoms with van der Waals surface area (Å²) in [5, 5.41) is 18.9. The van der Waals surface area contributed by atoms with E-state index in [1.165, 1.54) is 50.6 Å². The van der Waals surface area contributed by atoms with Crippen LogP contribution in [0.25, 0.3) is 12.2 Å². The van der Waals surface area contributed by atoms with Crippen molar-refractivity contribution in [2.75, 3.05) is 14.2 Å². The van der Waals surface area contributed by atoms with Gasteiger partial charge in [0.25, 0.3) is 0 Å². The molecule has 26 heavy (non-hydrogen) atoms. The molecule has 0 saturated heterocycles. The third kappa shape index (κ3) is 4.00. The molecular formula is C19H16F2O5. The number of rotatable bonds is 6. The monoisotopic (exact) mass is 362 g/mol. The van der Waals surface area contributed by atoms with Gasteiger partial charge in [0.1, 0.15) is 0 Å². The Morgan fingerprint density at radius 1 is 0.846 bits per heavy atom. The van der Waals surface area contributed by atoms with Crippen molar-refractivity contribution in [2.45, 2.75) is 0 Å². The van der Waals surface area contributed by atoms with Gasteiger partial charge in [0.05, 0.1) is 14.2 Å². The third-order valence-corrected chi connectivity index (χ3v) is 3.47. The predicted octanol–water partition coefficient (Wildman–Crippen LogP) is 3.69. The lowest BCUT2D eigenvalue weighted by Gasteiger charge is -2.06. The van der Waals surface area contributed by atoms with Crippen LogP contribution in [-0.2, 0) is 4.79 Å². The summed E-state index contributed by atoms with van der Waals surface area (Å²) in [6.45, 7) is 0. The summed E-state index contributed by atoms with van der Waals surface area (Å²) in [5.74, 6) is -3.51. The number of methoxy groups -OCH3 is 2. The molecule has 0 aliphatic heterocycles. The Morgan fingerprint density at radius 3 is 1.58 bits per heavy atom. The summed E-state index contributed by atoms with van der Waals surface area (Å²) in [5.41, 5.74) is 0.0813. The number of hydrogen-bond donors (Lipinski definition) is 2. The van der Waals surface area contributed by atoms with Gasteiger partial charge in [-0.2, -0.15) is 0 Å². The van der Waals surface area contributed by atoms with Gasteiger partial charge in [0.15, 0.2) is 40.4 Å². The molecule has 7 heteroatoms. The molecule has 2 rings (SSSR count). The number of phenols is 2. The number of benzene rings is 2. The van der Waals surface area contributed by atoms with Crippen LogP contribution in [0.15, 0.2) is 36.4 Å². The molecule has 0 amide bonds. The van der Waals surface area contributed by atoms with Gasteiger partial charge in [-0.25, -0.2) is 8.78 Å². The number of carbonyl (C=O) groups excluding carboxylic acids is 1. The first kappa shape index (κ1) is 19.0. The van der Waals surface area contributed by atoms with Gasteiger partial charge in [-0.05, 0) is 48.6 Å². The highest BCUT2D eigenvalue weighted by atomic mass is 19.1. The maximum absolute atomic E-state index is 14.1. The van der Waals surface area contributed by atoms with Crippen LogP contribution in [0.2, 0.25) is 0 Å². The summed E-state index contributed by atoms with van der Waals surface area (Å²) in [4.78, 5) is 11.9. The Labute approximate surface area is 148 Å². The van der Waals surface area contributed by atoms with E-state index in [0.29, 0.717) is 0 Å². The van der Waals surface area contributed by atoms with Crippen molar-refractivity contribution >= 4 is 17.9 Å². The van der Waals surface area contributed by atoms with Crippen molar-refractivity contribution in [3.05, 3.63) is 59.2 Å². The number of ether oxygens (including phenoxy) is 2. The SMILES string of the molecule is COc1c(O)ccc(/C=C/C(=O)/C=C/c2ccc(O)c(OC)c2F)c1F. The summed E-state index contributed by atoms with van der Waals surface area (Å²) in [6.07, 6.45) is 4.58. The van der Waals surface area contributed by atoms with Crippen molar-refractivity contribution in [1.29, 1.82) is 0 Å². The van der Waals surface area contributed by atoms with Gasteiger partial charge in [0, 0.05) is 11.1 Å². The Morgan fingerprint density at radius 2 is 1.23 bits per heavy atom. The Hall–Kier alpha value is -3.35. The Kier molecular flexibility index (Phi) is 5.95. The van der Waals surface area contributed by atoms with E-state index < -0.39 is 17.4 Å².